The first-order chi connectivity index (χ1) is 10.2. The van der Waals surface area contributed by atoms with Crippen LogP contribution in [0.2, 0.25) is 0 Å². The molecule has 1 aromatic heterocycles. The molecule has 2 bridgehead atoms. The molecule has 0 spiro atoms. The molecule has 6 nitrogen and oxygen atoms in total. The van der Waals surface area contributed by atoms with E-state index >= 15 is 0 Å². The lowest BCUT2D eigenvalue weighted by Gasteiger charge is -2.47. The van der Waals surface area contributed by atoms with Crippen LogP contribution in [0.3, 0.4) is 0 Å². The second kappa shape index (κ2) is 4.80. The van der Waals surface area contributed by atoms with Gasteiger partial charge in [0.25, 0.3) is 5.91 Å². The van der Waals surface area contributed by atoms with Crippen LogP contribution in [0.15, 0.2) is 18.2 Å². The molecule has 0 radical (unpaired) electrons. The largest absolute Gasteiger partial charge is 0.393 e. The molecule has 2 fully saturated rings. The summed E-state index contributed by atoms with van der Waals surface area (Å²) in [5.41, 5.74) is 2.13. The third-order valence-corrected chi connectivity index (χ3v) is 4.75. The Labute approximate surface area is 122 Å². The summed E-state index contributed by atoms with van der Waals surface area (Å²) in [5, 5.41) is 20.6. The van der Waals surface area contributed by atoms with Gasteiger partial charge in [0.2, 0.25) is 0 Å². The molecule has 2 aromatic rings. The topological polar surface area (TPSA) is 82.1 Å². The van der Waals surface area contributed by atoms with Gasteiger partial charge in [-0.25, -0.2) is 0 Å². The number of fused-ring (bicyclic) bond motifs is 3. The fourth-order valence-electron chi connectivity index (χ4n) is 3.81. The van der Waals surface area contributed by atoms with Gasteiger partial charge < -0.3 is 10.0 Å². The normalized spacial score (nSPS) is 28.8. The molecule has 1 unspecified atom stereocenters. The predicted octanol–water partition coefficient (Wildman–Crippen LogP) is 1.48. The molecule has 110 valence electrons. The van der Waals surface area contributed by atoms with E-state index in [0.29, 0.717) is 23.9 Å². The van der Waals surface area contributed by atoms with Gasteiger partial charge in [-0.15, -0.1) is 0 Å². The van der Waals surface area contributed by atoms with E-state index in [1.807, 2.05) is 17.0 Å². The third-order valence-electron chi connectivity index (χ3n) is 4.75. The smallest absolute Gasteiger partial charge is 0.254 e. The number of aromatic nitrogens is 3. The zero-order valence-corrected chi connectivity index (χ0v) is 11.7. The zero-order valence-electron chi connectivity index (χ0n) is 11.7. The van der Waals surface area contributed by atoms with E-state index in [1.54, 1.807) is 6.07 Å². The number of hydrogen-bond acceptors (Lipinski definition) is 4. The maximum absolute atomic E-state index is 12.9. The molecule has 1 amide bonds. The number of nitrogens with one attached hydrogen (secondary N) is 1. The average Bonchev–Trinajstić information content (AvgIpc) is 2.93. The maximum Gasteiger partial charge on any atom is 0.254 e. The predicted molar refractivity (Wildman–Crippen MR) is 76.7 cm³/mol. The first kappa shape index (κ1) is 12.8. The zero-order chi connectivity index (χ0) is 14.4. The Kier molecular flexibility index (Phi) is 2.92. The van der Waals surface area contributed by atoms with Crippen molar-refractivity contribution in [3.05, 3.63) is 23.8 Å². The van der Waals surface area contributed by atoms with Gasteiger partial charge in [-0.3, -0.25) is 4.79 Å². The van der Waals surface area contributed by atoms with Crippen LogP contribution < -0.4 is 0 Å². The van der Waals surface area contributed by atoms with Crippen LogP contribution >= 0.6 is 0 Å². The summed E-state index contributed by atoms with van der Waals surface area (Å²) in [7, 11) is 0. The fraction of sp³-hybridized carbons (Fsp3) is 0.533. The Morgan fingerprint density at radius 1 is 1.19 bits per heavy atom. The summed E-state index contributed by atoms with van der Waals surface area (Å²) < 4.78 is 0. The summed E-state index contributed by atoms with van der Waals surface area (Å²) in [4.78, 5) is 14.9. The number of aliphatic hydroxyl groups excluding tert-OH is 1. The van der Waals surface area contributed by atoms with Crippen molar-refractivity contribution in [1.82, 2.24) is 20.3 Å². The molecule has 4 rings (SSSR count). The Morgan fingerprint density at radius 2 is 1.90 bits per heavy atom. The van der Waals surface area contributed by atoms with Crippen molar-refractivity contribution in [2.75, 3.05) is 0 Å². The number of benzene rings is 1. The molecule has 1 aromatic carbocycles. The number of hydrogen-bond donors (Lipinski definition) is 2. The fourth-order valence-corrected chi connectivity index (χ4v) is 3.81. The molecule has 2 aliphatic rings. The van der Waals surface area contributed by atoms with Crippen LogP contribution in [0.1, 0.15) is 42.5 Å². The molecule has 2 N–H and O–H groups in total. The van der Waals surface area contributed by atoms with E-state index in [9.17, 15) is 9.90 Å². The lowest BCUT2D eigenvalue weighted by Crippen LogP contribution is -2.55. The van der Waals surface area contributed by atoms with Crippen molar-refractivity contribution in [3.63, 3.8) is 0 Å². The lowest BCUT2D eigenvalue weighted by atomic mass is 9.82. The first-order valence-electron chi connectivity index (χ1n) is 7.53. The highest BCUT2D eigenvalue weighted by atomic mass is 16.3. The Balaban J connectivity index is 1.66. The van der Waals surface area contributed by atoms with Crippen molar-refractivity contribution in [2.24, 2.45) is 0 Å². The van der Waals surface area contributed by atoms with E-state index in [1.165, 1.54) is 0 Å². The minimum Gasteiger partial charge on any atom is -0.393 e. The highest BCUT2D eigenvalue weighted by Crippen LogP contribution is 2.35. The van der Waals surface area contributed by atoms with Crippen molar-refractivity contribution >= 4 is 16.9 Å². The van der Waals surface area contributed by atoms with Gasteiger partial charge in [0, 0.05) is 17.6 Å². The number of aromatic amines is 1. The van der Waals surface area contributed by atoms with Crippen LogP contribution in [0.25, 0.3) is 11.0 Å². The number of aliphatic hydroxyl groups is 1. The summed E-state index contributed by atoms with van der Waals surface area (Å²) in [6.45, 7) is 0. The second-order valence-electron chi connectivity index (χ2n) is 6.10. The van der Waals surface area contributed by atoms with Crippen LogP contribution in [0.5, 0.6) is 0 Å². The van der Waals surface area contributed by atoms with Crippen LogP contribution in [-0.4, -0.2) is 49.5 Å². The van der Waals surface area contributed by atoms with E-state index in [0.717, 1.165) is 24.8 Å². The summed E-state index contributed by atoms with van der Waals surface area (Å²) in [6, 6.07) is 5.78. The summed E-state index contributed by atoms with van der Waals surface area (Å²) in [5.74, 6) is 0.0569. The lowest BCUT2D eigenvalue weighted by molar-refractivity contribution is -0.0150. The molecule has 0 saturated carbocycles. The van der Waals surface area contributed by atoms with Crippen molar-refractivity contribution < 1.29 is 9.90 Å². The maximum atomic E-state index is 12.9. The van der Waals surface area contributed by atoms with Gasteiger partial charge in [0.1, 0.15) is 11.0 Å². The molecular weight excluding hydrogens is 268 g/mol. The molecule has 3 heterocycles. The van der Waals surface area contributed by atoms with Crippen LogP contribution in [0, 0.1) is 0 Å². The Bertz CT molecular complexity index is 669. The number of carbonyl (C=O) groups excluding carboxylic acids is 1. The molecule has 2 saturated heterocycles. The standard InChI is InChI=1S/C15H18N4O2/c20-12-7-10-2-1-3-11(8-12)19(10)15(21)9-4-5-13-14(6-9)17-18-16-13/h4-6,10-12,20H,1-3,7-8H2,(H,16,17,18)/t10-,11+,12?. The van der Waals surface area contributed by atoms with Gasteiger partial charge >= 0.3 is 0 Å². The number of carbonyl (C=O) groups is 1. The summed E-state index contributed by atoms with van der Waals surface area (Å²) >= 11 is 0. The van der Waals surface area contributed by atoms with E-state index in [4.69, 9.17) is 0 Å². The SMILES string of the molecule is O=C(c1ccc2n[nH]nc2c1)N1[C@@H]2CCC[C@H]1CC(O)C2. The van der Waals surface area contributed by atoms with Crippen molar-refractivity contribution in [2.45, 2.75) is 50.3 Å². The van der Waals surface area contributed by atoms with E-state index < -0.39 is 0 Å². The third kappa shape index (κ3) is 2.10. The number of H-pyrrole nitrogens is 1. The molecule has 2 aliphatic heterocycles. The average molecular weight is 286 g/mol. The van der Waals surface area contributed by atoms with E-state index in [2.05, 4.69) is 15.4 Å². The minimum absolute atomic E-state index is 0.0569. The number of nitrogens with zero attached hydrogens (tertiary/aromatic N) is 3. The van der Waals surface area contributed by atoms with Gasteiger partial charge in [-0.2, -0.15) is 15.4 Å². The van der Waals surface area contributed by atoms with Crippen LogP contribution in [-0.2, 0) is 0 Å². The van der Waals surface area contributed by atoms with Gasteiger partial charge in [0.05, 0.1) is 6.10 Å². The molecule has 3 atom stereocenters. The molecule has 0 aliphatic carbocycles. The number of rotatable bonds is 1. The minimum atomic E-state index is -0.262. The number of amides is 1. The monoisotopic (exact) mass is 286 g/mol. The van der Waals surface area contributed by atoms with Crippen LogP contribution in [0.4, 0.5) is 0 Å². The molecular formula is C15H18N4O2. The van der Waals surface area contributed by atoms with Gasteiger partial charge in [0.15, 0.2) is 0 Å². The van der Waals surface area contributed by atoms with E-state index in [-0.39, 0.29) is 24.1 Å². The molecule has 21 heavy (non-hydrogen) atoms. The van der Waals surface area contributed by atoms with Gasteiger partial charge in [-0.05, 0) is 50.3 Å². The highest BCUT2D eigenvalue weighted by molar-refractivity contribution is 5.97. The first-order valence-corrected chi connectivity index (χ1v) is 7.53. The Morgan fingerprint density at radius 3 is 2.67 bits per heavy atom. The second-order valence-corrected chi connectivity index (χ2v) is 6.10. The van der Waals surface area contributed by atoms with Gasteiger partial charge in [-0.1, -0.05) is 0 Å². The highest BCUT2D eigenvalue weighted by Gasteiger charge is 2.40. The number of piperidine rings is 2. The van der Waals surface area contributed by atoms with Crippen molar-refractivity contribution in [3.8, 4) is 0 Å². The van der Waals surface area contributed by atoms with Crippen molar-refractivity contribution in [1.29, 1.82) is 0 Å². The quantitative estimate of drug-likeness (QED) is 0.832. The summed E-state index contributed by atoms with van der Waals surface area (Å²) in [6.07, 6.45) is 4.27. The molecule has 6 heteroatoms. The Hall–Kier alpha value is -1.95.